The predicted molar refractivity (Wildman–Crippen MR) is 179 cm³/mol. The van der Waals surface area contributed by atoms with Crippen LogP contribution >= 0.6 is 23.2 Å². The number of amides is 3. The first-order valence-electron chi connectivity index (χ1n) is 16.5. The molecule has 1 unspecified atom stereocenters. The number of alkyl carbamates (subject to hydrolysis) is 1. The van der Waals surface area contributed by atoms with E-state index in [-0.39, 0.29) is 31.4 Å². The Kier molecular flexibility index (Phi) is 19.9. The molecule has 2 heterocycles. The average Bonchev–Trinajstić information content (AvgIpc) is 3.76. The number of carbonyl (C=O) groups excluding carboxylic acids is 3. The first kappa shape index (κ1) is 39.5. The van der Waals surface area contributed by atoms with E-state index in [9.17, 15) is 14.4 Å². The summed E-state index contributed by atoms with van der Waals surface area (Å²) < 4.78 is 32.3. The highest BCUT2D eigenvalue weighted by Gasteiger charge is 2.34. The number of alkyl halides is 1. The largest absolute Gasteiger partial charge is 0.443 e. The Morgan fingerprint density at radius 2 is 1.54 bits per heavy atom. The highest BCUT2D eigenvalue weighted by Crippen LogP contribution is 2.20. The molecule has 2 aromatic rings. The molecular weight excluding hydrogens is 667 g/mol. The van der Waals surface area contributed by atoms with Gasteiger partial charge >= 0.3 is 6.09 Å². The molecule has 48 heavy (non-hydrogen) atoms. The lowest BCUT2D eigenvalue weighted by atomic mass is 10.1. The van der Waals surface area contributed by atoms with E-state index in [4.69, 9.17) is 51.4 Å². The molecule has 1 atom stereocenters. The van der Waals surface area contributed by atoms with Crippen molar-refractivity contribution in [2.24, 2.45) is 0 Å². The maximum atomic E-state index is 13.0. The first-order chi connectivity index (χ1) is 23.5. The second kappa shape index (κ2) is 24.2. The maximum absolute atomic E-state index is 13.0. The minimum atomic E-state index is -0.632. The molecule has 1 saturated heterocycles. The van der Waals surface area contributed by atoms with Crippen molar-refractivity contribution in [2.45, 2.75) is 64.1 Å². The smallest absolute Gasteiger partial charge is 0.407 e. The summed E-state index contributed by atoms with van der Waals surface area (Å²) >= 11 is 11.6. The number of hydrogen-bond donors (Lipinski definition) is 2. The van der Waals surface area contributed by atoms with E-state index in [1.807, 2.05) is 12.1 Å². The zero-order valence-corrected chi connectivity index (χ0v) is 28.9. The summed E-state index contributed by atoms with van der Waals surface area (Å²) in [5, 5.41) is 9.99. The Balaban J connectivity index is 1.16. The summed E-state index contributed by atoms with van der Waals surface area (Å²) in [5.41, 5.74) is 1.28. The summed E-state index contributed by atoms with van der Waals surface area (Å²) in [7, 11) is 0. The Labute approximate surface area is 292 Å². The van der Waals surface area contributed by atoms with E-state index in [0.29, 0.717) is 82.2 Å². The number of aromatic nitrogens is 1. The Morgan fingerprint density at radius 1 is 0.875 bits per heavy atom. The SMILES string of the molecule is O=C(NCCOCCOCCOCCOCCCCCCCl)OCc1cc(CC(=O)N2CCCC2C(=O)NCc2ccc(Cl)cc2)on1. The number of carbonyl (C=O) groups is 3. The van der Waals surface area contributed by atoms with Gasteiger partial charge in [-0.2, -0.15) is 0 Å². The van der Waals surface area contributed by atoms with Gasteiger partial charge < -0.3 is 43.7 Å². The fourth-order valence-corrected chi connectivity index (χ4v) is 5.15. The van der Waals surface area contributed by atoms with Gasteiger partial charge in [0.2, 0.25) is 11.8 Å². The standard InChI is InChI=1S/C33H48Cl2N4O9/c34-11-3-1-2-4-14-43-16-18-45-20-21-46-19-17-44-15-12-36-33(42)47-25-28-22-29(48-38-28)23-31(40)39-13-5-6-30(39)32(41)37-24-26-7-9-27(35)10-8-26/h7-10,22,30H,1-6,11-21,23-25H2,(H,36,42)(H,37,41). The normalized spacial score (nSPS) is 14.3. The lowest BCUT2D eigenvalue weighted by Gasteiger charge is -2.23. The molecule has 3 rings (SSSR count). The Morgan fingerprint density at radius 3 is 2.25 bits per heavy atom. The highest BCUT2D eigenvalue weighted by molar-refractivity contribution is 6.30. The quantitative estimate of drug-likeness (QED) is 0.113. The minimum Gasteiger partial charge on any atom is -0.443 e. The van der Waals surface area contributed by atoms with E-state index in [2.05, 4.69) is 15.8 Å². The number of ether oxygens (including phenoxy) is 5. The number of halogens is 2. The van der Waals surface area contributed by atoms with E-state index < -0.39 is 12.1 Å². The van der Waals surface area contributed by atoms with E-state index in [0.717, 1.165) is 50.2 Å². The molecule has 1 aromatic carbocycles. The van der Waals surface area contributed by atoms with Gasteiger partial charge in [-0.25, -0.2) is 4.79 Å². The van der Waals surface area contributed by atoms with Crippen LogP contribution in [0.5, 0.6) is 0 Å². The lowest BCUT2D eigenvalue weighted by molar-refractivity contribution is -0.138. The number of benzene rings is 1. The molecule has 1 fully saturated rings. The molecule has 15 heteroatoms. The summed E-state index contributed by atoms with van der Waals surface area (Å²) in [5.74, 6) is 0.604. The summed E-state index contributed by atoms with van der Waals surface area (Å²) in [6, 6.07) is 8.23. The molecule has 0 spiro atoms. The van der Waals surface area contributed by atoms with Crippen LogP contribution in [0.4, 0.5) is 4.79 Å². The predicted octanol–water partition coefficient (Wildman–Crippen LogP) is 4.27. The van der Waals surface area contributed by atoms with Crippen molar-refractivity contribution in [3.63, 3.8) is 0 Å². The van der Waals surface area contributed by atoms with Crippen LogP contribution in [-0.2, 0) is 52.8 Å². The second-order valence-corrected chi connectivity index (χ2v) is 11.9. The fourth-order valence-electron chi connectivity index (χ4n) is 4.83. The van der Waals surface area contributed by atoms with Crippen LogP contribution in [0.2, 0.25) is 5.02 Å². The van der Waals surface area contributed by atoms with Crippen molar-refractivity contribution < 1.29 is 42.6 Å². The van der Waals surface area contributed by atoms with E-state index in [1.54, 1.807) is 23.1 Å². The maximum Gasteiger partial charge on any atom is 0.407 e. The molecule has 0 bridgehead atoms. The Bertz CT molecular complexity index is 1200. The average molecular weight is 716 g/mol. The van der Waals surface area contributed by atoms with Crippen molar-refractivity contribution in [1.82, 2.24) is 20.7 Å². The van der Waals surface area contributed by atoms with Gasteiger partial charge in [-0.15, -0.1) is 11.6 Å². The van der Waals surface area contributed by atoms with Crippen molar-refractivity contribution in [3.05, 3.63) is 52.4 Å². The van der Waals surface area contributed by atoms with E-state index >= 15 is 0 Å². The molecule has 3 amide bonds. The zero-order valence-electron chi connectivity index (χ0n) is 27.4. The van der Waals surface area contributed by atoms with Gasteiger partial charge in [-0.1, -0.05) is 41.7 Å². The monoisotopic (exact) mass is 714 g/mol. The van der Waals surface area contributed by atoms with Gasteiger partial charge in [0.1, 0.15) is 24.1 Å². The number of rotatable bonds is 25. The van der Waals surface area contributed by atoms with Gasteiger partial charge in [0.15, 0.2) is 0 Å². The number of hydrogen-bond acceptors (Lipinski definition) is 10. The van der Waals surface area contributed by atoms with Crippen molar-refractivity contribution >= 4 is 41.1 Å². The fraction of sp³-hybridized carbons (Fsp3) is 0.636. The number of nitrogens with one attached hydrogen (secondary N) is 2. The van der Waals surface area contributed by atoms with Crippen molar-refractivity contribution in [2.75, 3.05) is 71.8 Å². The van der Waals surface area contributed by atoms with Gasteiger partial charge in [-0.05, 0) is 43.4 Å². The third kappa shape index (κ3) is 16.4. The number of unbranched alkanes of at least 4 members (excludes halogenated alkanes) is 3. The second-order valence-electron chi connectivity index (χ2n) is 11.1. The first-order valence-corrected chi connectivity index (χ1v) is 17.4. The number of nitrogens with zero attached hydrogens (tertiary/aromatic N) is 2. The third-order valence-corrected chi connectivity index (χ3v) is 7.86. The van der Waals surface area contributed by atoms with Crippen LogP contribution in [0.3, 0.4) is 0 Å². The van der Waals surface area contributed by atoms with Gasteiger partial charge in [-0.3, -0.25) is 9.59 Å². The molecule has 268 valence electrons. The zero-order chi connectivity index (χ0) is 34.2. The third-order valence-electron chi connectivity index (χ3n) is 7.34. The minimum absolute atomic E-state index is 0.0560. The number of likely N-dealkylation sites (tertiary alicyclic amines) is 1. The van der Waals surface area contributed by atoms with Crippen molar-refractivity contribution in [1.29, 1.82) is 0 Å². The molecule has 1 aliphatic rings. The molecule has 1 aliphatic heterocycles. The van der Waals surface area contributed by atoms with Crippen LogP contribution in [0, 0.1) is 0 Å². The molecule has 0 aliphatic carbocycles. The van der Waals surface area contributed by atoms with Gasteiger partial charge in [0, 0.05) is 43.2 Å². The van der Waals surface area contributed by atoms with Crippen LogP contribution in [0.25, 0.3) is 0 Å². The summed E-state index contributed by atoms with van der Waals surface area (Å²) in [6.07, 6.45) is 5.02. The van der Waals surface area contributed by atoms with Crippen LogP contribution in [0.15, 0.2) is 34.9 Å². The van der Waals surface area contributed by atoms with E-state index in [1.165, 1.54) is 0 Å². The topological polar surface area (TPSA) is 151 Å². The summed E-state index contributed by atoms with van der Waals surface area (Å²) in [4.78, 5) is 39.3. The molecule has 1 aromatic heterocycles. The van der Waals surface area contributed by atoms with Crippen molar-refractivity contribution in [3.8, 4) is 0 Å². The molecule has 0 saturated carbocycles. The summed E-state index contributed by atoms with van der Waals surface area (Å²) in [6.45, 7) is 4.88. The highest BCUT2D eigenvalue weighted by atomic mass is 35.5. The van der Waals surface area contributed by atoms with Crippen LogP contribution in [-0.4, -0.2) is 106 Å². The molecular formula is C33H48Cl2N4O9. The van der Waals surface area contributed by atoms with Gasteiger partial charge in [0.25, 0.3) is 0 Å². The lowest BCUT2D eigenvalue weighted by Crippen LogP contribution is -2.46. The van der Waals surface area contributed by atoms with Crippen LogP contribution < -0.4 is 10.6 Å². The molecule has 0 radical (unpaired) electrons. The van der Waals surface area contributed by atoms with Gasteiger partial charge in [0.05, 0.1) is 52.7 Å². The van der Waals surface area contributed by atoms with Crippen LogP contribution in [0.1, 0.15) is 55.5 Å². The molecule has 13 nitrogen and oxygen atoms in total. The Hall–Kier alpha value is -2.94. The molecule has 2 N–H and O–H groups in total.